The highest BCUT2D eigenvalue weighted by Gasteiger charge is 2.34. The fourth-order valence-electron chi connectivity index (χ4n) is 3.42. The molecule has 1 heterocycles. The monoisotopic (exact) mass is 471 g/mol. The van der Waals surface area contributed by atoms with Crippen molar-refractivity contribution in [1.29, 1.82) is 5.26 Å². The molecule has 9 nitrogen and oxygen atoms in total. The zero-order valence-electron chi connectivity index (χ0n) is 18.4. The lowest BCUT2D eigenvalue weighted by molar-refractivity contribution is -0.158. The van der Waals surface area contributed by atoms with E-state index in [-0.39, 0.29) is 18.0 Å². The van der Waals surface area contributed by atoms with Gasteiger partial charge in [-0.2, -0.15) is 9.57 Å². The minimum absolute atomic E-state index is 0.164. The fourth-order valence-corrected chi connectivity index (χ4v) is 4.89. The summed E-state index contributed by atoms with van der Waals surface area (Å²) in [5, 5.41) is 11.5. The number of carbonyl (C=O) groups is 2. The summed E-state index contributed by atoms with van der Waals surface area (Å²) in [6.07, 6.45) is -0.412. The van der Waals surface area contributed by atoms with Gasteiger partial charge in [0.1, 0.15) is 5.75 Å². The second-order valence-corrected chi connectivity index (χ2v) is 9.55. The number of nitriles is 1. The minimum Gasteiger partial charge on any atom is -0.497 e. The third-order valence-corrected chi connectivity index (χ3v) is 7.34. The molecule has 1 unspecified atom stereocenters. The Kier molecular flexibility index (Phi) is 7.68. The van der Waals surface area contributed by atoms with E-state index in [2.05, 4.69) is 5.32 Å². The first-order valence-electron chi connectivity index (χ1n) is 10.4. The van der Waals surface area contributed by atoms with E-state index < -0.39 is 33.9 Å². The van der Waals surface area contributed by atoms with Gasteiger partial charge in [0, 0.05) is 18.8 Å². The lowest BCUT2D eigenvalue weighted by atomic mass is 9.98. The highest BCUT2D eigenvalue weighted by molar-refractivity contribution is 7.89. The maximum atomic E-state index is 12.8. The van der Waals surface area contributed by atoms with Crippen LogP contribution in [0.3, 0.4) is 0 Å². The highest BCUT2D eigenvalue weighted by Crippen LogP contribution is 2.26. The van der Waals surface area contributed by atoms with Gasteiger partial charge in [-0.05, 0) is 68.3 Å². The Labute approximate surface area is 193 Å². The first-order chi connectivity index (χ1) is 15.7. The van der Waals surface area contributed by atoms with Crippen LogP contribution in [0.25, 0.3) is 0 Å². The Hall–Kier alpha value is -3.42. The van der Waals surface area contributed by atoms with Crippen molar-refractivity contribution in [2.75, 3.05) is 25.5 Å². The maximum absolute atomic E-state index is 12.8. The number of sulfonamides is 1. The summed E-state index contributed by atoms with van der Waals surface area (Å²) in [6, 6.07) is 14.5. The van der Waals surface area contributed by atoms with E-state index >= 15 is 0 Å². The molecule has 1 fully saturated rings. The molecule has 3 rings (SSSR count). The van der Waals surface area contributed by atoms with Crippen molar-refractivity contribution < 1.29 is 27.5 Å². The van der Waals surface area contributed by atoms with Crippen molar-refractivity contribution in [1.82, 2.24) is 4.31 Å². The number of nitrogens with one attached hydrogen (secondary N) is 1. The Bertz CT molecular complexity index is 1130. The van der Waals surface area contributed by atoms with Gasteiger partial charge in [-0.3, -0.25) is 9.59 Å². The number of ether oxygens (including phenoxy) is 2. The lowest BCUT2D eigenvalue weighted by Gasteiger charge is -2.30. The molecule has 1 atom stereocenters. The van der Waals surface area contributed by atoms with Gasteiger partial charge in [0.15, 0.2) is 6.10 Å². The molecule has 0 saturated carbocycles. The van der Waals surface area contributed by atoms with Gasteiger partial charge in [0.2, 0.25) is 10.0 Å². The third kappa shape index (κ3) is 5.88. The highest BCUT2D eigenvalue weighted by atomic mass is 32.2. The number of esters is 1. The summed E-state index contributed by atoms with van der Waals surface area (Å²) in [6.45, 7) is 1.83. The molecule has 1 saturated heterocycles. The Morgan fingerprint density at radius 1 is 1.09 bits per heavy atom. The number of benzene rings is 2. The van der Waals surface area contributed by atoms with Gasteiger partial charge in [0.05, 0.1) is 29.6 Å². The molecular formula is C23H25N3O6S. The number of hydrogen-bond donors (Lipinski definition) is 1. The fraction of sp³-hybridized carbons (Fsp3) is 0.348. The standard InChI is InChI=1S/C23H25N3O6S/c1-16(22(27)25-19-5-3-17(15-24)4-6-19)32-23(28)18-11-13-26(14-12-18)33(29,30)21-9-7-20(31-2)8-10-21/h3-10,16,18H,11-14H2,1-2H3,(H,25,27). The van der Waals surface area contributed by atoms with Crippen molar-refractivity contribution in [2.45, 2.75) is 30.8 Å². The summed E-state index contributed by atoms with van der Waals surface area (Å²) in [4.78, 5) is 25.0. The molecule has 2 aromatic carbocycles. The number of methoxy groups -OCH3 is 1. The minimum atomic E-state index is -3.67. The number of amides is 1. The van der Waals surface area contributed by atoms with Gasteiger partial charge in [-0.1, -0.05) is 0 Å². The zero-order valence-corrected chi connectivity index (χ0v) is 19.2. The van der Waals surface area contributed by atoms with Crippen LogP contribution in [0.1, 0.15) is 25.3 Å². The van der Waals surface area contributed by atoms with Crippen LogP contribution in [0.15, 0.2) is 53.4 Å². The molecule has 0 radical (unpaired) electrons. The van der Waals surface area contributed by atoms with Crippen molar-refractivity contribution >= 4 is 27.6 Å². The van der Waals surface area contributed by atoms with Gasteiger partial charge in [-0.15, -0.1) is 0 Å². The quantitative estimate of drug-likeness (QED) is 0.615. The predicted molar refractivity (Wildman–Crippen MR) is 120 cm³/mol. The van der Waals surface area contributed by atoms with Crippen molar-refractivity contribution in [3.63, 3.8) is 0 Å². The third-order valence-electron chi connectivity index (χ3n) is 5.43. The molecule has 0 spiro atoms. The van der Waals surface area contributed by atoms with E-state index in [4.69, 9.17) is 14.7 Å². The summed E-state index contributed by atoms with van der Waals surface area (Å²) in [5.74, 6) is -0.947. The van der Waals surface area contributed by atoms with Crippen LogP contribution in [-0.4, -0.2) is 50.9 Å². The van der Waals surface area contributed by atoms with E-state index in [1.807, 2.05) is 6.07 Å². The van der Waals surface area contributed by atoms with Crippen LogP contribution in [0, 0.1) is 17.2 Å². The summed E-state index contributed by atoms with van der Waals surface area (Å²) in [7, 11) is -2.17. The zero-order chi connectivity index (χ0) is 24.0. The van der Waals surface area contributed by atoms with Crippen LogP contribution in [0.2, 0.25) is 0 Å². The Balaban J connectivity index is 1.51. The average Bonchev–Trinajstić information content (AvgIpc) is 2.84. The number of carbonyl (C=O) groups excluding carboxylic acids is 2. The van der Waals surface area contributed by atoms with Crippen molar-refractivity contribution in [2.24, 2.45) is 5.92 Å². The largest absolute Gasteiger partial charge is 0.497 e. The van der Waals surface area contributed by atoms with E-state index in [9.17, 15) is 18.0 Å². The number of anilines is 1. The Morgan fingerprint density at radius 3 is 2.24 bits per heavy atom. The maximum Gasteiger partial charge on any atom is 0.309 e. The van der Waals surface area contributed by atoms with E-state index in [0.29, 0.717) is 29.8 Å². The predicted octanol–water partition coefficient (Wildman–Crippen LogP) is 2.54. The molecule has 1 aliphatic rings. The number of hydrogen-bond acceptors (Lipinski definition) is 7. The second-order valence-electron chi connectivity index (χ2n) is 7.61. The topological polar surface area (TPSA) is 126 Å². The van der Waals surface area contributed by atoms with Gasteiger partial charge in [-0.25, -0.2) is 8.42 Å². The molecule has 0 aliphatic carbocycles. The second kappa shape index (κ2) is 10.5. The molecule has 0 aromatic heterocycles. The Morgan fingerprint density at radius 2 is 1.70 bits per heavy atom. The van der Waals surface area contributed by atoms with Crippen LogP contribution in [-0.2, 0) is 24.3 Å². The smallest absolute Gasteiger partial charge is 0.309 e. The number of piperidine rings is 1. The van der Waals surface area contributed by atoms with E-state index in [0.717, 1.165) is 0 Å². The summed E-state index contributed by atoms with van der Waals surface area (Å²) < 4.78 is 37.4. The summed E-state index contributed by atoms with van der Waals surface area (Å²) >= 11 is 0. The molecule has 2 aromatic rings. The summed E-state index contributed by atoms with van der Waals surface area (Å²) in [5.41, 5.74) is 0.951. The van der Waals surface area contributed by atoms with Crippen molar-refractivity contribution in [3.05, 3.63) is 54.1 Å². The van der Waals surface area contributed by atoms with Gasteiger partial charge in [0.25, 0.3) is 5.91 Å². The molecule has 33 heavy (non-hydrogen) atoms. The van der Waals surface area contributed by atoms with Gasteiger partial charge >= 0.3 is 5.97 Å². The molecular weight excluding hydrogens is 446 g/mol. The molecule has 1 amide bonds. The van der Waals surface area contributed by atoms with Crippen LogP contribution in [0.5, 0.6) is 5.75 Å². The van der Waals surface area contributed by atoms with Crippen LogP contribution in [0.4, 0.5) is 5.69 Å². The van der Waals surface area contributed by atoms with Gasteiger partial charge < -0.3 is 14.8 Å². The molecule has 0 bridgehead atoms. The molecule has 174 valence electrons. The average molecular weight is 472 g/mol. The normalized spacial score (nSPS) is 15.8. The van der Waals surface area contributed by atoms with Crippen molar-refractivity contribution in [3.8, 4) is 11.8 Å². The molecule has 1 aliphatic heterocycles. The lowest BCUT2D eigenvalue weighted by Crippen LogP contribution is -2.41. The first-order valence-corrected chi connectivity index (χ1v) is 11.8. The number of nitrogens with zero attached hydrogens (tertiary/aromatic N) is 2. The first kappa shape index (κ1) is 24.2. The van der Waals surface area contributed by atoms with Crippen LogP contribution >= 0.6 is 0 Å². The van der Waals surface area contributed by atoms with Crippen LogP contribution < -0.4 is 10.1 Å². The van der Waals surface area contributed by atoms with E-state index in [1.165, 1.54) is 30.5 Å². The SMILES string of the molecule is COc1ccc(S(=O)(=O)N2CCC(C(=O)OC(C)C(=O)Nc3ccc(C#N)cc3)CC2)cc1. The molecule has 1 N–H and O–H groups in total. The van der Waals surface area contributed by atoms with E-state index in [1.54, 1.807) is 36.4 Å². The molecule has 10 heteroatoms. The number of rotatable bonds is 7.